The lowest BCUT2D eigenvalue weighted by molar-refractivity contribution is 0.508. The third-order valence-corrected chi connectivity index (χ3v) is 2.97. The van der Waals surface area contributed by atoms with Gasteiger partial charge in [-0.25, -0.2) is 4.39 Å². The van der Waals surface area contributed by atoms with E-state index < -0.39 is 0 Å². The fraction of sp³-hybridized carbons (Fsp3) is 0.538. The average molecular weight is 209 g/mol. The zero-order chi connectivity index (χ0) is 11.3. The molecule has 1 aromatic rings. The minimum atomic E-state index is -0.142. The summed E-state index contributed by atoms with van der Waals surface area (Å²) in [7, 11) is 1.99. The van der Waals surface area contributed by atoms with Gasteiger partial charge in [-0.2, -0.15) is 0 Å². The van der Waals surface area contributed by atoms with Crippen molar-refractivity contribution in [3.63, 3.8) is 0 Å². The molecule has 0 bridgehead atoms. The second-order valence-corrected chi connectivity index (χ2v) is 4.00. The first-order valence-corrected chi connectivity index (χ1v) is 5.59. The van der Waals surface area contributed by atoms with Gasteiger partial charge in [-0.1, -0.05) is 13.0 Å². The first-order valence-electron chi connectivity index (χ1n) is 5.59. The van der Waals surface area contributed by atoms with E-state index in [1.807, 2.05) is 20.0 Å². The SMILES string of the molecule is CCC(CCc1ccc(F)cc1C)NC. The summed E-state index contributed by atoms with van der Waals surface area (Å²) < 4.78 is 12.9. The van der Waals surface area contributed by atoms with Crippen LogP contribution in [0.25, 0.3) is 0 Å². The van der Waals surface area contributed by atoms with Crippen LogP contribution in [0.5, 0.6) is 0 Å². The van der Waals surface area contributed by atoms with Crippen LogP contribution >= 0.6 is 0 Å². The van der Waals surface area contributed by atoms with E-state index in [-0.39, 0.29) is 5.82 Å². The normalized spacial score (nSPS) is 12.8. The maximum absolute atomic E-state index is 12.9. The van der Waals surface area contributed by atoms with Gasteiger partial charge in [0.05, 0.1) is 0 Å². The monoisotopic (exact) mass is 209 g/mol. The molecule has 0 aliphatic rings. The Labute approximate surface area is 91.7 Å². The minimum absolute atomic E-state index is 0.142. The molecule has 84 valence electrons. The maximum atomic E-state index is 12.9. The van der Waals surface area contributed by atoms with Gasteiger partial charge in [-0.15, -0.1) is 0 Å². The Kier molecular flexibility index (Phi) is 4.76. The van der Waals surface area contributed by atoms with Crippen LogP contribution in [0.1, 0.15) is 30.9 Å². The molecule has 1 atom stereocenters. The highest BCUT2D eigenvalue weighted by atomic mass is 19.1. The molecule has 0 aliphatic heterocycles. The zero-order valence-electron chi connectivity index (χ0n) is 9.81. The highest BCUT2D eigenvalue weighted by molar-refractivity contribution is 5.26. The van der Waals surface area contributed by atoms with E-state index in [1.54, 1.807) is 12.1 Å². The lowest BCUT2D eigenvalue weighted by Gasteiger charge is -2.14. The molecule has 0 amide bonds. The molecule has 1 unspecified atom stereocenters. The van der Waals surface area contributed by atoms with Crippen molar-refractivity contribution in [2.24, 2.45) is 0 Å². The van der Waals surface area contributed by atoms with E-state index in [1.165, 1.54) is 5.56 Å². The number of rotatable bonds is 5. The van der Waals surface area contributed by atoms with Crippen LogP contribution in [-0.2, 0) is 6.42 Å². The third-order valence-electron chi connectivity index (χ3n) is 2.97. The van der Waals surface area contributed by atoms with E-state index in [2.05, 4.69) is 12.2 Å². The fourth-order valence-electron chi connectivity index (χ4n) is 1.82. The molecular formula is C13H20FN. The number of hydrogen-bond donors (Lipinski definition) is 1. The van der Waals surface area contributed by atoms with Crippen molar-refractivity contribution in [3.8, 4) is 0 Å². The molecule has 0 spiro atoms. The maximum Gasteiger partial charge on any atom is 0.123 e. The van der Waals surface area contributed by atoms with Crippen molar-refractivity contribution in [2.75, 3.05) is 7.05 Å². The zero-order valence-corrected chi connectivity index (χ0v) is 9.81. The van der Waals surface area contributed by atoms with Crippen molar-refractivity contribution < 1.29 is 4.39 Å². The van der Waals surface area contributed by atoms with Crippen LogP contribution in [0.2, 0.25) is 0 Å². The van der Waals surface area contributed by atoms with Crippen molar-refractivity contribution in [1.29, 1.82) is 0 Å². The van der Waals surface area contributed by atoms with Crippen LogP contribution in [0.4, 0.5) is 4.39 Å². The number of halogens is 1. The molecule has 1 rings (SSSR count). The summed E-state index contributed by atoms with van der Waals surface area (Å²) in [6.45, 7) is 4.15. The number of nitrogens with one attached hydrogen (secondary N) is 1. The van der Waals surface area contributed by atoms with E-state index in [0.29, 0.717) is 6.04 Å². The molecule has 0 saturated carbocycles. The lowest BCUT2D eigenvalue weighted by Crippen LogP contribution is -2.24. The van der Waals surface area contributed by atoms with Gasteiger partial charge in [-0.3, -0.25) is 0 Å². The van der Waals surface area contributed by atoms with Crippen molar-refractivity contribution in [3.05, 3.63) is 35.1 Å². The Morgan fingerprint density at radius 2 is 2.13 bits per heavy atom. The van der Waals surface area contributed by atoms with Gasteiger partial charge >= 0.3 is 0 Å². The number of benzene rings is 1. The molecule has 0 aromatic heterocycles. The summed E-state index contributed by atoms with van der Waals surface area (Å²) in [6, 6.07) is 5.61. The van der Waals surface area contributed by atoms with E-state index in [9.17, 15) is 4.39 Å². The summed E-state index contributed by atoms with van der Waals surface area (Å²) >= 11 is 0. The highest BCUT2D eigenvalue weighted by Crippen LogP contribution is 2.13. The van der Waals surface area contributed by atoms with Crippen LogP contribution in [0.3, 0.4) is 0 Å². The van der Waals surface area contributed by atoms with Gasteiger partial charge < -0.3 is 5.32 Å². The first-order chi connectivity index (χ1) is 7.17. The minimum Gasteiger partial charge on any atom is -0.317 e. The predicted octanol–water partition coefficient (Wildman–Crippen LogP) is 3.06. The highest BCUT2D eigenvalue weighted by Gasteiger charge is 2.05. The standard InChI is InChI=1S/C13H20FN/c1-4-13(15-3)8-6-11-5-7-12(14)9-10(11)2/h5,7,9,13,15H,4,6,8H2,1-3H3. The van der Waals surface area contributed by atoms with Crippen LogP contribution < -0.4 is 5.32 Å². The topological polar surface area (TPSA) is 12.0 Å². The van der Waals surface area contributed by atoms with Crippen molar-refractivity contribution in [1.82, 2.24) is 5.32 Å². The molecule has 1 N–H and O–H groups in total. The smallest absolute Gasteiger partial charge is 0.123 e. The molecular weight excluding hydrogens is 189 g/mol. The first kappa shape index (κ1) is 12.2. The van der Waals surface area contributed by atoms with E-state index in [4.69, 9.17) is 0 Å². The van der Waals surface area contributed by atoms with Gasteiger partial charge in [0.1, 0.15) is 5.82 Å². The van der Waals surface area contributed by atoms with Gasteiger partial charge in [0.2, 0.25) is 0 Å². The van der Waals surface area contributed by atoms with Crippen LogP contribution in [0, 0.1) is 12.7 Å². The summed E-state index contributed by atoms with van der Waals surface area (Å²) in [5, 5.41) is 3.28. The van der Waals surface area contributed by atoms with Crippen molar-refractivity contribution >= 4 is 0 Å². The summed E-state index contributed by atoms with van der Waals surface area (Å²) in [5.74, 6) is -0.142. The van der Waals surface area contributed by atoms with Crippen LogP contribution in [0.15, 0.2) is 18.2 Å². The van der Waals surface area contributed by atoms with E-state index >= 15 is 0 Å². The lowest BCUT2D eigenvalue weighted by atomic mass is 10.00. The van der Waals surface area contributed by atoms with Gasteiger partial charge in [0.25, 0.3) is 0 Å². The largest absolute Gasteiger partial charge is 0.317 e. The molecule has 15 heavy (non-hydrogen) atoms. The third kappa shape index (κ3) is 3.63. The second-order valence-electron chi connectivity index (χ2n) is 4.00. The molecule has 0 heterocycles. The summed E-state index contributed by atoms with van der Waals surface area (Å²) in [5.41, 5.74) is 2.31. The molecule has 0 aliphatic carbocycles. The quantitative estimate of drug-likeness (QED) is 0.786. The van der Waals surface area contributed by atoms with Gasteiger partial charge in [0.15, 0.2) is 0 Å². The predicted molar refractivity (Wildman–Crippen MR) is 62.6 cm³/mol. The Bertz CT molecular complexity index is 305. The summed E-state index contributed by atoms with van der Waals surface area (Å²) in [6.07, 6.45) is 3.27. The Balaban J connectivity index is 2.57. The molecule has 2 heteroatoms. The Morgan fingerprint density at radius 3 is 2.67 bits per heavy atom. The Morgan fingerprint density at radius 1 is 1.40 bits per heavy atom. The van der Waals surface area contributed by atoms with Gasteiger partial charge in [0, 0.05) is 6.04 Å². The average Bonchev–Trinajstić information content (AvgIpc) is 2.22. The second kappa shape index (κ2) is 5.86. The van der Waals surface area contributed by atoms with Gasteiger partial charge in [-0.05, 0) is 56.5 Å². The molecule has 0 saturated heterocycles. The molecule has 0 radical (unpaired) electrons. The molecule has 1 aromatic carbocycles. The number of aryl methyl sites for hydroxylation is 2. The Hall–Kier alpha value is -0.890. The molecule has 0 fully saturated rings. The molecule has 1 nitrogen and oxygen atoms in total. The van der Waals surface area contributed by atoms with Crippen molar-refractivity contribution in [2.45, 2.75) is 39.2 Å². The van der Waals surface area contributed by atoms with E-state index in [0.717, 1.165) is 24.8 Å². The summed E-state index contributed by atoms with van der Waals surface area (Å²) in [4.78, 5) is 0. The fourth-order valence-corrected chi connectivity index (χ4v) is 1.82. The van der Waals surface area contributed by atoms with Crippen LogP contribution in [-0.4, -0.2) is 13.1 Å². The number of hydrogen-bond acceptors (Lipinski definition) is 1.